The van der Waals surface area contributed by atoms with E-state index in [9.17, 15) is 24.0 Å². The first kappa shape index (κ1) is 28.4. The molecule has 224 valence electrons. The molecule has 3 heterocycles. The number of amides is 4. The Hall–Kier alpha value is -4.67. The number of hydrogen-bond acceptors (Lipinski definition) is 6. The number of nitrogens with zero attached hydrogens (tertiary/aromatic N) is 1. The molecular formula is C32H35N5O6. The second kappa shape index (κ2) is 10.9. The largest absolute Gasteiger partial charge is 0.496 e. The number of carbonyl (C=O) groups is 5. The third kappa shape index (κ3) is 5.13. The van der Waals surface area contributed by atoms with Gasteiger partial charge in [0.05, 0.1) is 12.5 Å². The van der Waals surface area contributed by atoms with Gasteiger partial charge in [-0.25, -0.2) is 0 Å². The minimum Gasteiger partial charge on any atom is -0.496 e. The van der Waals surface area contributed by atoms with E-state index in [1.807, 2.05) is 32.0 Å². The monoisotopic (exact) mass is 585 g/mol. The molecule has 11 heteroatoms. The van der Waals surface area contributed by atoms with E-state index in [4.69, 9.17) is 4.74 Å². The van der Waals surface area contributed by atoms with Crippen molar-refractivity contribution in [3.63, 3.8) is 0 Å². The molecule has 6 rings (SSSR count). The Kier molecular flexibility index (Phi) is 7.19. The summed E-state index contributed by atoms with van der Waals surface area (Å²) < 4.78 is 5.41. The zero-order valence-corrected chi connectivity index (χ0v) is 24.4. The fraction of sp³-hybridized carbons (Fsp3) is 0.406. The first-order chi connectivity index (χ1) is 20.6. The third-order valence-electron chi connectivity index (χ3n) is 8.61. The normalized spacial score (nSPS) is 21.5. The second-order valence-electron chi connectivity index (χ2n) is 12.1. The number of ketones is 1. The first-order valence-electron chi connectivity index (χ1n) is 14.6. The van der Waals surface area contributed by atoms with Crippen molar-refractivity contribution >= 4 is 46.0 Å². The Morgan fingerprint density at radius 2 is 1.86 bits per heavy atom. The number of hydrogen-bond donors (Lipinski definition) is 4. The number of ether oxygens (including phenoxy) is 1. The molecule has 2 fully saturated rings. The number of anilines is 1. The summed E-state index contributed by atoms with van der Waals surface area (Å²) in [4.78, 5) is 72.2. The highest BCUT2D eigenvalue weighted by molar-refractivity contribution is 6.39. The van der Waals surface area contributed by atoms with Crippen LogP contribution >= 0.6 is 0 Å². The van der Waals surface area contributed by atoms with Gasteiger partial charge in [-0.2, -0.15) is 0 Å². The minimum atomic E-state index is -1.19. The van der Waals surface area contributed by atoms with Crippen molar-refractivity contribution < 1.29 is 28.7 Å². The molecule has 1 saturated carbocycles. The zero-order chi connectivity index (χ0) is 30.5. The molecule has 3 aliphatic rings. The van der Waals surface area contributed by atoms with Crippen LogP contribution in [0.2, 0.25) is 0 Å². The molecule has 4 amide bonds. The third-order valence-corrected chi connectivity index (χ3v) is 8.61. The van der Waals surface area contributed by atoms with Crippen molar-refractivity contribution in [3.8, 4) is 5.75 Å². The molecule has 2 aliphatic heterocycles. The summed E-state index contributed by atoms with van der Waals surface area (Å²) in [6.45, 7) is 3.77. The first-order valence-corrected chi connectivity index (χ1v) is 14.6. The number of nitrogens with one attached hydrogen (secondary N) is 4. The van der Waals surface area contributed by atoms with Gasteiger partial charge in [0.2, 0.25) is 17.6 Å². The molecule has 0 bridgehead atoms. The quantitative estimate of drug-likeness (QED) is 0.284. The van der Waals surface area contributed by atoms with Crippen LogP contribution in [-0.2, 0) is 24.6 Å². The van der Waals surface area contributed by atoms with Gasteiger partial charge in [-0.15, -0.1) is 0 Å². The fourth-order valence-corrected chi connectivity index (χ4v) is 6.30. The number of aromatic nitrogens is 1. The Morgan fingerprint density at radius 3 is 2.58 bits per heavy atom. The number of para-hydroxylation sites is 1. The summed E-state index contributed by atoms with van der Waals surface area (Å²) >= 11 is 0. The predicted molar refractivity (Wildman–Crippen MR) is 159 cm³/mol. The fourth-order valence-electron chi connectivity index (χ4n) is 6.30. The van der Waals surface area contributed by atoms with Crippen LogP contribution in [0.4, 0.5) is 5.69 Å². The van der Waals surface area contributed by atoms with Crippen molar-refractivity contribution in [2.75, 3.05) is 19.0 Å². The van der Waals surface area contributed by atoms with Crippen LogP contribution in [0.25, 0.3) is 10.9 Å². The highest BCUT2D eigenvalue weighted by Gasteiger charge is 2.58. The van der Waals surface area contributed by atoms with Crippen molar-refractivity contribution in [2.24, 2.45) is 5.92 Å². The number of carbonyl (C=O) groups excluding carboxylic acids is 5. The lowest BCUT2D eigenvalue weighted by Crippen LogP contribution is -2.54. The number of benzene rings is 2. The average Bonchev–Trinajstić information content (AvgIpc) is 3.43. The summed E-state index contributed by atoms with van der Waals surface area (Å²) in [6, 6.07) is 12.1. The molecule has 3 aromatic rings. The van der Waals surface area contributed by atoms with E-state index in [1.165, 1.54) is 4.90 Å². The molecule has 2 aromatic carbocycles. The number of H-pyrrole nitrogens is 1. The van der Waals surface area contributed by atoms with Crippen molar-refractivity contribution in [1.29, 1.82) is 0 Å². The number of aromatic amines is 1. The van der Waals surface area contributed by atoms with E-state index in [-0.39, 0.29) is 42.9 Å². The molecule has 43 heavy (non-hydrogen) atoms. The summed E-state index contributed by atoms with van der Waals surface area (Å²) in [5.41, 5.74) is 1.08. The number of rotatable bonds is 9. The highest BCUT2D eigenvalue weighted by atomic mass is 16.5. The Labute approximate surface area is 248 Å². The molecule has 1 saturated heterocycles. The molecule has 3 atom stereocenters. The van der Waals surface area contributed by atoms with Gasteiger partial charge in [0.25, 0.3) is 11.8 Å². The van der Waals surface area contributed by atoms with Crippen molar-refractivity contribution in [3.05, 3.63) is 59.8 Å². The molecule has 0 radical (unpaired) electrons. The molecule has 1 unspecified atom stereocenters. The molecule has 1 aliphatic carbocycles. The summed E-state index contributed by atoms with van der Waals surface area (Å²) in [5.74, 6) is -2.23. The number of methoxy groups -OCH3 is 1. The summed E-state index contributed by atoms with van der Waals surface area (Å²) in [6.07, 6.45) is 1.86. The predicted octanol–water partition coefficient (Wildman–Crippen LogP) is 2.66. The van der Waals surface area contributed by atoms with Gasteiger partial charge in [-0.1, -0.05) is 38.1 Å². The smallest absolute Gasteiger partial charge is 0.289 e. The molecular weight excluding hydrogens is 550 g/mol. The number of fused-ring (bicyclic) bond motifs is 3. The van der Waals surface area contributed by atoms with E-state index in [1.54, 1.807) is 37.4 Å². The molecule has 11 nitrogen and oxygen atoms in total. The standard InChI is InChI=1S/C32H35N5O6/c1-17(2)13-24(35-28(39)23-14-19-21(34-23)9-6-10-26(19)43-3)30(41)37-16-32(20-7-4-5-8-22(20)36-31(32)42)15-25(37)27(38)29(40)33-18-11-12-18/h4-10,14,17-18,24-25,34H,11-13,15-16H2,1-3H3,(H,33,40)(H,35,39)(H,36,42)/t24?,25-,32-/m0/s1. The highest BCUT2D eigenvalue weighted by Crippen LogP contribution is 2.47. The van der Waals surface area contributed by atoms with Crippen LogP contribution in [0.15, 0.2) is 48.5 Å². The van der Waals surface area contributed by atoms with Crippen LogP contribution in [0, 0.1) is 5.92 Å². The maximum absolute atomic E-state index is 14.3. The van der Waals surface area contributed by atoms with Crippen LogP contribution < -0.4 is 20.7 Å². The van der Waals surface area contributed by atoms with Gasteiger partial charge in [0, 0.05) is 29.2 Å². The van der Waals surface area contributed by atoms with Gasteiger partial charge >= 0.3 is 0 Å². The zero-order valence-electron chi connectivity index (χ0n) is 24.4. The maximum atomic E-state index is 14.3. The van der Waals surface area contributed by atoms with Gasteiger partial charge in [0.1, 0.15) is 23.5 Å². The van der Waals surface area contributed by atoms with Crippen molar-refractivity contribution in [1.82, 2.24) is 20.5 Å². The lowest BCUT2D eigenvalue weighted by molar-refractivity contribution is -0.145. The van der Waals surface area contributed by atoms with E-state index < -0.39 is 41.0 Å². The summed E-state index contributed by atoms with van der Waals surface area (Å²) in [5, 5.41) is 9.20. The molecule has 4 N–H and O–H groups in total. The Bertz CT molecular complexity index is 1640. The van der Waals surface area contributed by atoms with E-state index in [2.05, 4.69) is 20.9 Å². The van der Waals surface area contributed by atoms with Gasteiger partial charge in [0.15, 0.2) is 0 Å². The molecule has 1 aromatic heterocycles. The van der Waals surface area contributed by atoms with Crippen LogP contribution in [0.3, 0.4) is 0 Å². The van der Waals surface area contributed by atoms with E-state index in [0.29, 0.717) is 22.5 Å². The SMILES string of the molecule is COc1cccc2[nH]c(C(=O)NC(CC(C)C)C(=O)N3C[C@]4(C[C@H]3C(=O)C(=O)NC3CC3)C(=O)Nc3ccccc34)cc12. The lowest BCUT2D eigenvalue weighted by Gasteiger charge is -2.29. The Morgan fingerprint density at radius 1 is 1.09 bits per heavy atom. The van der Waals surface area contributed by atoms with Crippen molar-refractivity contribution in [2.45, 2.75) is 63.1 Å². The second-order valence-corrected chi connectivity index (χ2v) is 12.1. The van der Waals surface area contributed by atoms with Crippen LogP contribution in [0.1, 0.15) is 55.6 Å². The van der Waals surface area contributed by atoms with Crippen LogP contribution in [0.5, 0.6) is 5.75 Å². The van der Waals surface area contributed by atoms with Gasteiger partial charge in [-0.3, -0.25) is 24.0 Å². The topological polar surface area (TPSA) is 150 Å². The Balaban J connectivity index is 1.32. The van der Waals surface area contributed by atoms with Gasteiger partial charge < -0.3 is 30.6 Å². The lowest BCUT2D eigenvalue weighted by atomic mass is 9.79. The van der Waals surface area contributed by atoms with Crippen LogP contribution in [-0.4, -0.2) is 71.1 Å². The average molecular weight is 586 g/mol. The van der Waals surface area contributed by atoms with E-state index >= 15 is 0 Å². The summed E-state index contributed by atoms with van der Waals surface area (Å²) in [7, 11) is 1.55. The number of Topliss-reactive ketones (excluding diaryl/α,β-unsaturated/α-hetero) is 1. The number of likely N-dealkylation sites (tertiary alicyclic amines) is 1. The van der Waals surface area contributed by atoms with Gasteiger partial charge in [-0.05, 0) is 61.4 Å². The maximum Gasteiger partial charge on any atom is 0.289 e. The minimum absolute atomic E-state index is 0.0106. The molecule has 1 spiro atoms. The van der Waals surface area contributed by atoms with E-state index in [0.717, 1.165) is 18.2 Å².